The van der Waals surface area contributed by atoms with Crippen LogP contribution in [0.2, 0.25) is 5.02 Å². The van der Waals surface area contributed by atoms with Crippen molar-refractivity contribution in [3.63, 3.8) is 0 Å². The van der Waals surface area contributed by atoms with E-state index in [1.807, 2.05) is 53.5 Å². The Labute approximate surface area is 235 Å². The van der Waals surface area contributed by atoms with Crippen molar-refractivity contribution in [2.24, 2.45) is 0 Å². The van der Waals surface area contributed by atoms with Gasteiger partial charge in [-0.1, -0.05) is 55.8 Å². The number of aryl methyl sites for hydroxylation is 2. The van der Waals surface area contributed by atoms with Gasteiger partial charge in [-0.3, -0.25) is 4.79 Å². The van der Waals surface area contributed by atoms with Gasteiger partial charge in [0.15, 0.2) is 0 Å². The molecule has 2 aromatic carbocycles. The molecule has 0 radical (unpaired) electrons. The maximum Gasteiger partial charge on any atom is 0.257 e. The fourth-order valence-corrected chi connectivity index (χ4v) is 5.87. The van der Waals surface area contributed by atoms with E-state index < -0.39 is 5.54 Å². The van der Waals surface area contributed by atoms with Gasteiger partial charge in [0, 0.05) is 10.7 Å². The molecular formula is C31H37ClN6O. The van der Waals surface area contributed by atoms with E-state index >= 15 is 0 Å². The number of anilines is 1. The number of aromatic nitrogens is 4. The molecule has 1 amide bonds. The number of nitrogens with zero attached hydrogens (tertiary/aromatic N) is 4. The number of hydrogen-bond donors (Lipinski definition) is 2. The highest BCUT2D eigenvalue weighted by atomic mass is 35.5. The highest BCUT2D eigenvalue weighted by Crippen LogP contribution is 2.41. The molecule has 0 saturated heterocycles. The molecular weight excluding hydrogens is 508 g/mol. The molecule has 5 rings (SSSR count). The summed E-state index contributed by atoms with van der Waals surface area (Å²) in [6.45, 7) is 12.5. The van der Waals surface area contributed by atoms with Crippen molar-refractivity contribution in [1.82, 2.24) is 24.9 Å². The first kappa shape index (κ1) is 27.0. The number of rotatable bonds is 7. The van der Waals surface area contributed by atoms with E-state index in [2.05, 4.69) is 68.7 Å². The fraction of sp³-hybridized carbons (Fsp3) is 0.387. The molecule has 1 unspecified atom stereocenters. The Hall–Kier alpha value is -3.58. The van der Waals surface area contributed by atoms with Crippen LogP contribution in [0.15, 0.2) is 60.7 Å². The molecule has 2 aromatic heterocycles. The summed E-state index contributed by atoms with van der Waals surface area (Å²) in [6, 6.07) is 20.1. The molecule has 4 aromatic rings. The number of carbonyl (C=O) groups excluding carboxylic acids is 1. The second kappa shape index (κ2) is 10.2. The minimum atomic E-state index is -0.635. The van der Waals surface area contributed by atoms with Crippen molar-refractivity contribution in [3.8, 4) is 5.69 Å². The minimum absolute atomic E-state index is 0.0798. The summed E-state index contributed by atoms with van der Waals surface area (Å²) < 4.78 is 3.88. The Morgan fingerprint density at radius 1 is 1.08 bits per heavy atom. The van der Waals surface area contributed by atoms with Crippen molar-refractivity contribution in [2.75, 3.05) is 5.32 Å². The molecule has 7 nitrogen and oxygen atoms in total. The van der Waals surface area contributed by atoms with Crippen molar-refractivity contribution in [1.29, 1.82) is 0 Å². The predicted molar refractivity (Wildman–Crippen MR) is 157 cm³/mol. The van der Waals surface area contributed by atoms with Gasteiger partial charge in [0.25, 0.3) is 5.91 Å². The highest BCUT2D eigenvalue weighted by Gasteiger charge is 2.40. The summed E-state index contributed by atoms with van der Waals surface area (Å²) in [5, 5.41) is 17.5. The van der Waals surface area contributed by atoms with Crippen LogP contribution in [0.4, 0.5) is 5.82 Å². The third kappa shape index (κ3) is 4.84. The Balaban J connectivity index is 1.50. The van der Waals surface area contributed by atoms with Crippen LogP contribution in [0.25, 0.3) is 5.69 Å². The standard InChI is InChI=1S/C31H37ClN6O/c1-7-31(8-2,26-18-20(3)37(36-26)24-16-14-23(32)15-17-24)34-29(39)27-21(4)35-38-28(27)33-25(19-30(38,5)6)22-12-10-9-11-13-22/h9-18,25,33H,7-8,19H2,1-6H3,(H,34,39). The molecule has 0 spiro atoms. The maximum absolute atomic E-state index is 14.1. The lowest BCUT2D eigenvalue weighted by atomic mass is 9.87. The third-order valence-corrected chi connectivity index (χ3v) is 8.34. The van der Waals surface area contributed by atoms with E-state index in [1.54, 1.807) is 0 Å². The molecule has 39 heavy (non-hydrogen) atoms. The first-order valence-corrected chi connectivity index (χ1v) is 14.0. The maximum atomic E-state index is 14.1. The number of fused-ring (bicyclic) bond motifs is 1. The van der Waals surface area contributed by atoms with Crippen LogP contribution in [-0.4, -0.2) is 25.5 Å². The Bertz CT molecular complexity index is 1480. The molecule has 0 aliphatic carbocycles. The SMILES string of the molecule is CCC(CC)(NC(=O)c1c(C)nn2c1NC(c1ccccc1)CC2(C)C)c1cc(C)n(-c2ccc(Cl)cc2)n1. The Morgan fingerprint density at radius 2 is 1.74 bits per heavy atom. The summed E-state index contributed by atoms with van der Waals surface area (Å²) in [5.74, 6) is 0.618. The summed E-state index contributed by atoms with van der Waals surface area (Å²) in [7, 11) is 0. The zero-order chi connectivity index (χ0) is 27.9. The van der Waals surface area contributed by atoms with Gasteiger partial charge in [-0.25, -0.2) is 9.36 Å². The van der Waals surface area contributed by atoms with Gasteiger partial charge in [-0.2, -0.15) is 10.2 Å². The number of hydrogen-bond acceptors (Lipinski definition) is 4. The van der Waals surface area contributed by atoms with Crippen LogP contribution < -0.4 is 10.6 Å². The second-order valence-electron chi connectivity index (χ2n) is 11.1. The quantitative estimate of drug-likeness (QED) is 0.261. The van der Waals surface area contributed by atoms with Crippen molar-refractivity contribution in [2.45, 2.75) is 77.9 Å². The molecule has 2 N–H and O–H groups in total. The number of nitrogens with one attached hydrogen (secondary N) is 2. The third-order valence-electron chi connectivity index (χ3n) is 8.09. The number of carbonyl (C=O) groups is 1. The van der Waals surface area contributed by atoms with E-state index in [9.17, 15) is 4.79 Å². The van der Waals surface area contributed by atoms with Crippen LogP contribution in [0.1, 0.15) is 86.0 Å². The topological polar surface area (TPSA) is 76.8 Å². The molecule has 0 saturated carbocycles. The van der Waals surface area contributed by atoms with E-state index in [1.165, 1.54) is 5.56 Å². The molecule has 1 atom stereocenters. The average molecular weight is 545 g/mol. The fourth-order valence-electron chi connectivity index (χ4n) is 5.74. The normalized spacial score (nSPS) is 16.4. The van der Waals surface area contributed by atoms with E-state index in [4.69, 9.17) is 21.8 Å². The van der Waals surface area contributed by atoms with Gasteiger partial charge in [-0.15, -0.1) is 0 Å². The van der Waals surface area contributed by atoms with Gasteiger partial charge in [0.05, 0.1) is 34.2 Å². The summed E-state index contributed by atoms with van der Waals surface area (Å²) in [6.07, 6.45) is 2.25. The van der Waals surface area contributed by atoms with Crippen molar-refractivity contribution < 1.29 is 4.79 Å². The second-order valence-corrected chi connectivity index (χ2v) is 11.6. The molecule has 1 aliphatic rings. The van der Waals surface area contributed by atoms with Crippen molar-refractivity contribution in [3.05, 3.63) is 93.9 Å². The summed E-state index contributed by atoms with van der Waals surface area (Å²) in [5.41, 5.74) is 4.35. The minimum Gasteiger partial charge on any atom is -0.363 e. The van der Waals surface area contributed by atoms with E-state index in [-0.39, 0.29) is 17.5 Å². The van der Waals surface area contributed by atoms with Gasteiger partial charge < -0.3 is 10.6 Å². The summed E-state index contributed by atoms with van der Waals surface area (Å²) in [4.78, 5) is 14.1. The zero-order valence-electron chi connectivity index (χ0n) is 23.5. The Morgan fingerprint density at radius 3 is 2.38 bits per heavy atom. The van der Waals surface area contributed by atoms with Crippen LogP contribution in [0.3, 0.4) is 0 Å². The van der Waals surface area contributed by atoms with Crippen LogP contribution in [0, 0.1) is 13.8 Å². The molecule has 204 valence electrons. The highest BCUT2D eigenvalue weighted by molar-refractivity contribution is 6.30. The van der Waals surface area contributed by atoms with E-state index in [0.29, 0.717) is 29.1 Å². The molecule has 0 fully saturated rings. The lowest BCUT2D eigenvalue weighted by Crippen LogP contribution is -2.46. The first-order chi connectivity index (χ1) is 18.6. The molecule has 3 heterocycles. The van der Waals surface area contributed by atoms with Crippen LogP contribution in [0.5, 0.6) is 0 Å². The predicted octanol–water partition coefficient (Wildman–Crippen LogP) is 7.08. The zero-order valence-corrected chi connectivity index (χ0v) is 24.3. The van der Waals surface area contributed by atoms with Gasteiger partial charge in [0.2, 0.25) is 0 Å². The molecule has 8 heteroatoms. The van der Waals surface area contributed by atoms with Gasteiger partial charge >= 0.3 is 0 Å². The summed E-state index contributed by atoms with van der Waals surface area (Å²) >= 11 is 6.10. The Kier molecular flexibility index (Phi) is 7.06. The first-order valence-electron chi connectivity index (χ1n) is 13.7. The molecule has 1 aliphatic heterocycles. The lowest BCUT2D eigenvalue weighted by Gasteiger charge is -2.38. The van der Waals surface area contributed by atoms with Gasteiger partial charge in [0.1, 0.15) is 11.4 Å². The number of halogens is 1. The number of benzene rings is 2. The van der Waals surface area contributed by atoms with Crippen LogP contribution in [-0.2, 0) is 11.1 Å². The van der Waals surface area contributed by atoms with Crippen LogP contribution >= 0.6 is 11.6 Å². The molecule has 0 bridgehead atoms. The number of amides is 1. The van der Waals surface area contributed by atoms with Crippen molar-refractivity contribution >= 4 is 23.3 Å². The van der Waals surface area contributed by atoms with Gasteiger partial charge in [-0.05, 0) is 82.9 Å². The largest absolute Gasteiger partial charge is 0.363 e. The smallest absolute Gasteiger partial charge is 0.257 e. The average Bonchev–Trinajstić information content (AvgIpc) is 3.48. The van der Waals surface area contributed by atoms with E-state index in [0.717, 1.165) is 29.3 Å². The lowest BCUT2D eigenvalue weighted by molar-refractivity contribution is 0.0886. The monoisotopic (exact) mass is 544 g/mol.